The summed E-state index contributed by atoms with van der Waals surface area (Å²) < 4.78 is 10.9. The average Bonchev–Trinajstić information content (AvgIpc) is 3.06. The Balaban J connectivity index is 1.86. The van der Waals surface area contributed by atoms with E-state index < -0.39 is 11.7 Å². The fraction of sp³-hybridized carbons (Fsp3) is 0.600. The van der Waals surface area contributed by atoms with Crippen molar-refractivity contribution in [2.45, 2.75) is 58.3 Å². The van der Waals surface area contributed by atoms with Gasteiger partial charge in [0.05, 0.1) is 6.10 Å². The van der Waals surface area contributed by atoms with Crippen LogP contribution < -0.4 is 5.32 Å². The first kappa shape index (κ1) is 20.2. The van der Waals surface area contributed by atoms with Gasteiger partial charge in [0, 0.05) is 32.7 Å². The topological polar surface area (TPSA) is 67.9 Å². The van der Waals surface area contributed by atoms with E-state index in [4.69, 9.17) is 9.47 Å². The van der Waals surface area contributed by atoms with Gasteiger partial charge in [-0.2, -0.15) is 0 Å². The third-order valence-corrected chi connectivity index (χ3v) is 4.02. The molecule has 1 aromatic carbocycles. The standard InChI is InChI=1S/C20H30N2O4/c1-20(2,3)26-19(24)21-12-11-18(23)22(15-17-10-7-13-25-17)14-16-8-5-4-6-9-16/h4-6,8-9,17H,7,10-15H2,1-3H3,(H,21,24). The van der Waals surface area contributed by atoms with Crippen LogP contribution in [-0.2, 0) is 20.8 Å². The summed E-state index contributed by atoms with van der Waals surface area (Å²) in [4.78, 5) is 26.2. The molecule has 1 fully saturated rings. The Bertz CT molecular complexity index is 577. The minimum absolute atomic E-state index is 0.000381. The van der Waals surface area contributed by atoms with Gasteiger partial charge in [0.15, 0.2) is 0 Å². The van der Waals surface area contributed by atoms with Gasteiger partial charge in [0.25, 0.3) is 0 Å². The van der Waals surface area contributed by atoms with E-state index in [9.17, 15) is 9.59 Å². The third-order valence-electron chi connectivity index (χ3n) is 4.02. The molecule has 0 spiro atoms. The van der Waals surface area contributed by atoms with Crippen molar-refractivity contribution in [3.63, 3.8) is 0 Å². The smallest absolute Gasteiger partial charge is 0.407 e. The number of alkyl carbamates (subject to hydrolysis) is 1. The molecule has 26 heavy (non-hydrogen) atoms. The number of rotatable bonds is 7. The van der Waals surface area contributed by atoms with Crippen LogP contribution in [0.3, 0.4) is 0 Å². The van der Waals surface area contributed by atoms with E-state index in [1.165, 1.54) is 0 Å². The first-order valence-electron chi connectivity index (χ1n) is 9.23. The molecule has 0 radical (unpaired) electrons. The molecule has 0 aliphatic carbocycles. The number of ether oxygens (including phenoxy) is 2. The number of nitrogens with one attached hydrogen (secondary N) is 1. The van der Waals surface area contributed by atoms with Crippen LogP contribution >= 0.6 is 0 Å². The van der Waals surface area contributed by atoms with Crippen LogP contribution in [-0.4, -0.2) is 48.3 Å². The lowest BCUT2D eigenvalue weighted by atomic mass is 10.1. The van der Waals surface area contributed by atoms with Crippen molar-refractivity contribution < 1.29 is 19.1 Å². The fourth-order valence-electron chi connectivity index (χ4n) is 2.84. The van der Waals surface area contributed by atoms with E-state index in [1.54, 1.807) is 20.8 Å². The molecular formula is C20H30N2O4. The Morgan fingerprint density at radius 1 is 1.27 bits per heavy atom. The molecule has 1 aromatic rings. The molecule has 0 saturated carbocycles. The van der Waals surface area contributed by atoms with Gasteiger partial charge in [0.1, 0.15) is 5.60 Å². The number of hydrogen-bond acceptors (Lipinski definition) is 4. The quantitative estimate of drug-likeness (QED) is 0.809. The highest BCUT2D eigenvalue weighted by molar-refractivity contribution is 5.77. The summed E-state index contributed by atoms with van der Waals surface area (Å²) in [6, 6.07) is 9.91. The van der Waals surface area contributed by atoms with Crippen LogP contribution in [0.5, 0.6) is 0 Å². The van der Waals surface area contributed by atoms with Crippen molar-refractivity contribution in [1.82, 2.24) is 10.2 Å². The summed E-state index contributed by atoms with van der Waals surface area (Å²) in [5.41, 5.74) is 0.534. The van der Waals surface area contributed by atoms with Crippen LogP contribution in [0.15, 0.2) is 30.3 Å². The molecule has 1 aliphatic heterocycles. The minimum atomic E-state index is -0.548. The number of hydrogen-bond donors (Lipinski definition) is 1. The van der Waals surface area contributed by atoms with Gasteiger partial charge in [-0.1, -0.05) is 30.3 Å². The van der Waals surface area contributed by atoms with Gasteiger partial charge >= 0.3 is 6.09 Å². The average molecular weight is 362 g/mol. The van der Waals surface area contributed by atoms with Crippen LogP contribution in [0.2, 0.25) is 0 Å². The highest BCUT2D eigenvalue weighted by Gasteiger charge is 2.23. The van der Waals surface area contributed by atoms with Crippen molar-refractivity contribution in [1.29, 1.82) is 0 Å². The molecular weight excluding hydrogens is 332 g/mol. The molecule has 6 nitrogen and oxygen atoms in total. The second-order valence-corrected chi connectivity index (χ2v) is 7.57. The zero-order valence-corrected chi connectivity index (χ0v) is 16.0. The molecule has 2 amide bonds. The number of carbonyl (C=O) groups excluding carboxylic acids is 2. The van der Waals surface area contributed by atoms with E-state index in [-0.39, 0.29) is 25.0 Å². The molecule has 0 bridgehead atoms. The Hall–Kier alpha value is -2.08. The SMILES string of the molecule is CC(C)(C)OC(=O)NCCC(=O)N(Cc1ccccc1)CC1CCCO1. The Kier molecular flexibility index (Phi) is 7.45. The van der Waals surface area contributed by atoms with Gasteiger partial charge in [-0.3, -0.25) is 4.79 Å². The summed E-state index contributed by atoms with van der Waals surface area (Å²) in [6.45, 7) is 7.57. The highest BCUT2D eigenvalue weighted by atomic mass is 16.6. The number of amides is 2. The molecule has 144 valence electrons. The first-order chi connectivity index (χ1) is 12.3. The highest BCUT2D eigenvalue weighted by Crippen LogP contribution is 2.16. The zero-order valence-electron chi connectivity index (χ0n) is 16.0. The maximum absolute atomic E-state index is 12.7. The normalized spacial score (nSPS) is 17.0. The maximum Gasteiger partial charge on any atom is 0.407 e. The fourth-order valence-corrected chi connectivity index (χ4v) is 2.84. The number of nitrogens with zero attached hydrogens (tertiary/aromatic N) is 1. The maximum atomic E-state index is 12.7. The van der Waals surface area contributed by atoms with E-state index in [2.05, 4.69) is 5.32 Å². The summed E-state index contributed by atoms with van der Waals surface area (Å²) >= 11 is 0. The van der Waals surface area contributed by atoms with Crippen molar-refractivity contribution in [2.75, 3.05) is 19.7 Å². The molecule has 1 N–H and O–H groups in total. The Morgan fingerprint density at radius 2 is 2.00 bits per heavy atom. The van der Waals surface area contributed by atoms with Gasteiger partial charge < -0.3 is 19.7 Å². The van der Waals surface area contributed by atoms with Crippen molar-refractivity contribution in [2.24, 2.45) is 0 Å². The summed E-state index contributed by atoms with van der Waals surface area (Å²) in [7, 11) is 0. The molecule has 1 heterocycles. The first-order valence-corrected chi connectivity index (χ1v) is 9.23. The lowest BCUT2D eigenvalue weighted by Crippen LogP contribution is -2.39. The summed E-state index contributed by atoms with van der Waals surface area (Å²) in [6.07, 6.45) is 1.85. The van der Waals surface area contributed by atoms with E-state index in [1.807, 2.05) is 35.2 Å². The molecule has 1 saturated heterocycles. The Labute approximate surface area is 155 Å². The lowest BCUT2D eigenvalue weighted by Gasteiger charge is -2.26. The van der Waals surface area contributed by atoms with E-state index in [0.717, 1.165) is 25.0 Å². The van der Waals surface area contributed by atoms with Gasteiger partial charge in [-0.05, 0) is 39.2 Å². The summed E-state index contributed by atoms with van der Waals surface area (Å²) in [5.74, 6) is 0.000381. The number of carbonyl (C=O) groups is 2. The van der Waals surface area contributed by atoms with Gasteiger partial charge in [-0.25, -0.2) is 4.79 Å². The molecule has 2 rings (SSSR count). The number of benzene rings is 1. The predicted molar refractivity (Wildman–Crippen MR) is 99.7 cm³/mol. The second-order valence-electron chi connectivity index (χ2n) is 7.57. The molecule has 6 heteroatoms. The zero-order chi connectivity index (χ0) is 19.0. The van der Waals surface area contributed by atoms with E-state index in [0.29, 0.717) is 13.1 Å². The Morgan fingerprint density at radius 3 is 2.62 bits per heavy atom. The lowest BCUT2D eigenvalue weighted by molar-refractivity contribution is -0.133. The van der Waals surface area contributed by atoms with Crippen LogP contribution in [0.25, 0.3) is 0 Å². The largest absolute Gasteiger partial charge is 0.444 e. The second kappa shape index (κ2) is 9.57. The minimum Gasteiger partial charge on any atom is -0.444 e. The summed E-state index contributed by atoms with van der Waals surface area (Å²) in [5, 5.41) is 2.64. The predicted octanol–water partition coefficient (Wildman–Crippen LogP) is 3.11. The van der Waals surface area contributed by atoms with Crippen LogP contribution in [0.4, 0.5) is 4.79 Å². The molecule has 1 aliphatic rings. The van der Waals surface area contributed by atoms with Crippen molar-refractivity contribution in [3.05, 3.63) is 35.9 Å². The monoisotopic (exact) mass is 362 g/mol. The molecule has 1 atom stereocenters. The van der Waals surface area contributed by atoms with Crippen molar-refractivity contribution in [3.8, 4) is 0 Å². The third kappa shape index (κ3) is 7.44. The van der Waals surface area contributed by atoms with Gasteiger partial charge in [0.2, 0.25) is 5.91 Å². The van der Waals surface area contributed by atoms with Crippen LogP contribution in [0, 0.1) is 0 Å². The van der Waals surface area contributed by atoms with Crippen LogP contribution in [0.1, 0.15) is 45.6 Å². The van der Waals surface area contributed by atoms with E-state index >= 15 is 0 Å². The molecule has 1 unspecified atom stereocenters. The van der Waals surface area contributed by atoms with Gasteiger partial charge in [-0.15, -0.1) is 0 Å². The van der Waals surface area contributed by atoms with Crippen molar-refractivity contribution >= 4 is 12.0 Å². The molecule has 0 aromatic heterocycles.